The van der Waals surface area contributed by atoms with Gasteiger partial charge in [-0.05, 0) is 38.1 Å². The van der Waals surface area contributed by atoms with Gasteiger partial charge in [-0.25, -0.2) is 9.37 Å². The third-order valence-corrected chi connectivity index (χ3v) is 4.58. The SMILES string of the molecule is CCN(CC)C(=O)CSc1nc(N)c(NC(=O)c2ccc(F)cc2)c(=O)[nH]1. The van der Waals surface area contributed by atoms with Crippen molar-refractivity contribution in [1.29, 1.82) is 0 Å². The van der Waals surface area contributed by atoms with Crippen LogP contribution in [-0.4, -0.2) is 45.5 Å². The van der Waals surface area contributed by atoms with Gasteiger partial charge in [0.05, 0.1) is 5.75 Å². The van der Waals surface area contributed by atoms with E-state index < -0.39 is 17.3 Å². The maximum Gasteiger partial charge on any atom is 0.277 e. The first kappa shape index (κ1) is 20.4. The first-order chi connectivity index (χ1) is 12.8. The van der Waals surface area contributed by atoms with Crippen LogP contribution in [0.15, 0.2) is 34.2 Å². The maximum atomic E-state index is 12.9. The van der Waals surface area contributed by atoms with Gasteiger partial charge in [0.25, 0.3) is 11.5 Å². The number of rotatable bonds is 7. The molecule has 0 bridgehead atoms. The van der Waals surface area contributed by atoms with Crippen molar-refractivity contribution >= 4 is 35.1 Å². The van der Waals surface area contributed by atoms with Gasteiger partial charge in [0.2, 0.25) is 5.91 Å². The minimum atomic E-state index is -0.643. The molecule has 0 aliphatic rings. The Kier molecular flexibility index (Phi) is 6.94. The molecule has 2 aromatic rings. The Morgan fingerprint density at radius 1 is 1.26 bits per heavy atom. The van der Waals surface area contributed by atoms with E-state index in [2.05, 4.69) is 15.3 Å². The predicted molar refractivity (Wildman–Crippen MR) is 102 cm³/mol. The van der Waals surface area contributed by atoms with E-state index >= 15 is 0 Å². The number of anilines is 2. The van der Waals surface area contributed by atoms with Gasteiger partial charge in [-0.1, -0.05) is 11.8 Å². The molecule has 2 amide bonds. The molecule has 1 aromatic carbocycles. The van der Waals surface area contributed by atoms with Crippen LogP contribution in [0.3, 0.4) is 0 Å². The van der Waals surface area contributed by atoms with E-state index in [9.17, 15) is 18.8 Å². The molecule has 4 N–H and O–H groups in total. The van der Waals surface area contributed by atoms with Gasteiger partial charge in [-0.15, -0.1) is 0 Å². The number of aromatic nitrogens is 2. The summed E-state index contributed by atoms with van der Waals surface area (Å²) in [6.45, 7) is 4.94. The second-order valence-electron chi connectivity index (χ2n) is 5.45. The predicted octanol–water partition coefficient (Wildman–Crippen LogP) is 1.70. The number of carbonyl (C=O) groups excluding carboxylic acids is 2. The molecule has 0 saturated carbocycles. The van der Waals surface area contributed by atoms with Crippen LogP contribution in [-0.2, 0) is 4.79 Å². The average molecular weight is 393 g/mol. The number of benzene rings is 1. The Bertz CT molecular complexity index is 881. The molecule has 0 atom stereocenters. The summed E-state index contributed by atoms with van der Waals surface area (Å²) in [7, 11) is 0. The van der Waals surface area contributed by atoms with Gasteiger partial charge in [-0.2, -0.15) is 0 Å². The summed E-state index contributed by atoms with van der Waals surface area (Å²) in [5.41, 5.74) is 5.09. The molecule has 0 radical (unpaired) electrons. The molecule has 2 rings (SSSR count). The van der Waals surface area contributed by atoms with Gasteiger partial charge >= 0.3 is 0 Å². The number of carbonyl (C=O) groups is 2. The van der Waals surface area contributed by atoms with Gasteiger partial charge in [0, 0.05) is 18.7 Å². The van der Waals surface area contributed by atoms with Crippen LogP contribution in [0.4, 0.5) is 15.9 Å². The quantitative estimate of drug-likeness (QED) is 0.486. The van der Waals surface area contributed by atoms with E-state index in [4.69, 9.17) is 5.73 Å². The molecular formula is C17H20FN5O3S. The van der Waals surface area contributed by atoms with E-state index in [1.54, 1.807) is 4.90 Å². The topological polar surface area (TPSA) is 121 Å². The highest BCUT2D eigenvalue weighted by atomic mass is 32.2. The highest BCUT2D eigenvalue weighted by molar-refractivity contribution is 7.99. The van der Waals surface area contributed by atoms with Crippen LogP contribution < -0.4 is 16.6 Å². The van der Waals surface area contributed by atoms with Crippen LogP contribution >= 0.6 is 11.8 Å². The number of hydrogen-bond donors (Lipinski definition) is 3. The van der Waals surface area contributed by atoms with E-state index in [-0.39, 0.29) is 33.9 Å². The fourth-order valence-electron chi connectivity index (χ4n) is 2.24. The standard InChI is InChI=1S/C17H20FN5O3S/c1-3-23(4-2)12(24)9-27-17-21-14(19)13(16(26)22-17)20-15(25)10-5-7-11(18)8-6-10/h5-8H,3-4,9H2,1-2H3,(H,20,25)(H3,19,21,22,26). The Hall–Kier alpha value is -2.88. The third-order valence-electron chi connectivity index (χ3n) is 3.72. The third kappa shape index (κ3) is 5.30. The van der Waals surface area contributed by atoms with Crippen molar-refractivity contribution in [3.8, 4) is 0 Å². The molecule has 0 saturated heterocycles. The van der Waals surface area contributed by atoms with E-state index in [1.807, 2.05) is 13.8 Å². The number of halogens is 1. The number of nitrogens with zero attached hydrogens (tertiary/aromatic N) is 2. The molecule has 0 aliphatic carbocycles. The summed E-state index contributed by atoms with van der Waals surface area (Å²) < 4.78 is 12.9. The van der Waals surface area contributed by atoms with E-state index in [1.165, 1.54) is 12.1 Å². The summed E-state index contributed by atoms with van der Waals surface area (Å²) in [5.74, 6) is -1.25. The number of thioether (sulfide) groups is 1. The van der Waals surface area contributed by atoms with Crippen molar-refractivity contribution in [3.63, 3.8) is 0 Å². The summed E-state index contributed by atoms with van der Waals surface area (Å²) in [6.07, 6.45) is 0. The van der Waals surface area contributed by atoms with Gasteiger partial charge < -0.3 is 16.0 Å². The monoisotopic (exact) mass is 393 g/mol. The zero-order valence-electron chi connectivity index (χ0n) is 14.9. The van der Waals surface area contributed by atoms with Crippen LogP contribution in [0.25, 0.3) is 0 Å². The molecule has 144 valence electrons. The molecule has 10 heteroatoms. The lowest BCUT2D eigenvalue weighted by atomic mass is 10.2. The van der Waals surface area contributed by atoms with Gasteiger partial charge in [0.1, 0.15) is 11.5 Å². The van der Waals surface area contributed by atoms with Crippen molar-refractivity contribution in [3.05, 3.63) is 46.0 Å². The lowest BCUT2D eigenvalue weighted by molar-refractivity contribution is -0.127. The van der Waals surface area contributed by atoms with Gasteiger partial charge in [-0.3, -0.25) is 19.4 Å². The lowest BCUT2D eigenvalue weighted by Crippen LogP contribution is -2.32. The Morgan fingerprint density at radius 2 is 1.89 bits per heavy atom. The summed E-state index contributed by atoms with van der Waals surface area (Å²) in [5, 5.41) is 2.54. The average Bonchev–Trinajstić information content (AvgIpc) is 2.64. The van der Waals surface area contributed by atoms with E-state index in [0.29, 0.717) is 13.1 Å². The van der Waals surface area contributed by atoms with Crippen molar-refractivity contribution in [2.24, 2.45) is 0 Å². The zero-order valence-corrected chi connectivity index (χ0v) is 15.7. The Balaban J connectivity index is 2.10. The maximum absolute atomic E-state index is 12.9. The zero-order chi connectivity index (χ0) is 20.0. The normalized spacial score (nSPS) is 10.5. The molecule has 0 spiro atoms. The Morgan fingerprint density at radius 3 is 2.44 bits per heavy atom. The molecule has 1 aromatic heterocycles. The number of aromatic amines is 1. The number of nitrogens with one attached hydrogen (secondary N) is 2. The molecule has 0 aliphatic heterocycles. The van der Waals surface area contributed by atoms with Gasteiger partial charge in [0.15, 0.2) is 11.0 Å². The minimum absolute atomic E-state index is 0.0834. The number of amides is 2. The number of H-pyrrole nitrogens is 1. The Labute approximate surface area is 159 Å². The van der Waals surface area contributed by atoms with Crippen molar-refractivity contribution in [1.82, 2.24) is 14.9 Å². The first-order valence-electron chi connectivity index (χ1n) is 8.23. The fraction of sp³-hybridized carbons (Fsp3) is 0.294. The van der Waals surface area contributed by atoms with Crippen molar-refractivity contribution in [2.45, 2.75) is 19.0 Å². The minimum Gasteiger partial charge on any atom is -0.382 e. The summed E-state index contributed by atoms with van der Waals surface area (Å²) in [6, 6.07) is 4.83. The molecule has 0 fully saturated rings. The lowest BCUT2D eigenvalue weighted by Gasteiger charge is -2.18. The number of nitrogens with two attached hydrogens (primary N) is 1. The second-order valence-corrected chi connectivity index (χ2v) is 6.41. The van der Waals surface area contributed by atoms with E-state index in [0.717, 1.165) is 23.9 Å². The number of hydrogen-bond acceptors (Lipinski definition) is 6. The van der Waals surface area contributed by atoms with Crippen LogP contribution in [0.1, 0.15) is 24.2 Å². The molecule has 8 nitrogen and oxygen atoms in total. The molecule has 0 unspecified atom stereocenters. The summed E-state index contributed by atoms with van der Waals surface area (Å²) in [4.78, 5) is 44.5. The van der Waals surface area contributed by atoms with Crippen LogP contribution in [0, 0.1) is 5.82 Å². The molecule has 27 heavy (non-hydrogen) atoms. The second kappa shape index (κ2) is 9.17. The van der Waals surface area contributed by atoms with Crippen molar-refractivity contribution < 1.29 is 14.0 Å². The smallest absolute Gasteiger partial charge is 0.277 e. The molecular weight excluding hydrogens is 373 g/mol. The highest BCUT2D eigenvalue weighted by Gasteiger charge is 2.16. The fourth-order valence-corrected chi connectivity index (χ4v) is 3.01. The largest absolute Gasteiger partial charge is 0.382 e. The van der Waals surface area contributed by atoms with Crippen LogP contribution in [0.5, 0.6) is 0 Å². The number of nitrogen functional groups attached to an aromatic ring is 1. The summed E-state index contributed by atoms with van der Waals surface area (Å²) >= 11 is 1.05. The molecule has 1 heterocycles. The van der Waals surface area contributed by atoms with Crippen LogP contribution in [0.2, 0.25) is 0 Å². The first-order valence-corrected chi connectivity index (χ1v) is 9.21. The highest BCUT2D eigenvalue weighted by Crippen LogP contribution is 2.18. The van der Waals surface area contributed by atoms with Crippen molar-refractivity contribution in [2.75, 3.05) is 29.9 Å².